The van der Waals surface area contributed by atoms with Crippen LogP contribution in [0.15, 0.2) is 127 Å². The standard InChI is InChI=1S/C35H19F3N2O6.C15H15F3N2O2.C10H4O3.C2H4O2/c1-4-18-6-10-22-24(14-18)32(45)39(30(22)43)26-16-20(8-12-28(26)41)34(3,35(36,37)38)21-9-13-29(42)27(17-21)40-31(44)23-11-7-19(5-2)15-25(23)33(40)46;1-14(15(16,17)18,8-2-4-12(21)10(19)6-8)9-3-5-13(22)11(20)7-9;1-2-6-3-4-7-8(5-6)10(12)13-9(7)11;1-2(3)4/h1-2,6-17,41-42H,3H3;2-7,21-22H,19-20H2,1H3;1,3-5H;1H3,(H,3,4). The van der Waals surface area contributed by atoms with Crippen LogP contribution >= 0.6 is 0 Å². The molecule has 3 aliphatic rings. The molecule has 0 bridgehead atoms. The van der Waals surface area contributed by atoms with Gasteiger partial charge in [-0.15, -0.1) is 19.3 Å². The molecule has 10 rings (SSSR count). The molecule has 0 aromatic heterocycles. The summed E-state index contributed by atoms with van der Waals surface area (Å²) < 4.78 is 91.0. The first-order chi connectivity index (χ1) is 39.7. The van der Waals surface area contributed by atoms with Crippen LogP contribution in [0.3, 0.4) is 0 Å². The highest BCUT2D eigenvalue weighted by Gasteiger charge is 2.56. The van der Waals surface area contributed by atoms with Crippen molar-refractivity contribution in [1.82, 2.24) is 0 Å². The Morgan fingerprint density at radius 2 is 0.729 bits per heavy atom. The van der Waals surface area contributed by atoms with Gasteiger partial charge in [0.2, 0.25) is 0 Å². The van der Waals surface area contributed by atoms with Gasteiger partial charge in [-0.3, -0.25) is 24.0 Å². The lowest BCUT2D eigenvalue weighted by atomic mass is 9.75. The Labute approximate surface area is 477 Å². The topological polar surface area (TPSA) is 288 Å². The summed E-state index contributed by atoms with van der Waals surface area (Å²) in [5.74, 6) is -0.461. The van der Waals surface area contributed by atoms with Crippen LogP contribution in [0, 0.1) is 37.0 Å². The number of cyclic esters (lactones) is 2. The van der Waals surface area contributed by atoms with E-state index in [1.807, 2.05) is 0 Å². The van der Waals surface area contributed by atoms with Crippen molar-refractivity contribution in [2.24, 2.45) is 0 Å². The van der Waals surface area contributed by atoms with E-state index in [1.165, 1.54) is 48.5 Å². The molecular formula is C62H42F6N4O13. The molecule has 0 atom stereocenters. The molecule has 7 aromatic carbocycles. The first kappa shape index (κ1) is 61.1. The minimum Gasteiger partial charge on any atom is -0.506 e. The lowest BCUT2D eigenvalue weighted by Gasteiger charge is -2.34. The first-order valence-corrected chi connectivity index (χ1v) is 24.3. The van der Waals surface area contributed by atoms with Crippen molar-refractivity contribution < 1.29 is 90.2 Å². The summed E-state index contributed by atoms with van der Waals surface area (Å²) in [6, 6.07) is 24.8. The molecule has 9 N–H and O–H groups in total. The number of ether oxygens (including phenoxy) is 1. The summed E-state index contributed by atoms with van der Waals surface area (Å²) >= 11 is 0. The number of carbonyl (C=O) groups is 7. The second kappa shape index (κ2) is 22.8. The van der Waals surface area contributed by atoms with Gasteiger partial charge in [-0.1, -0.05) is 42.0 Å². The number of nitrogen functional groups attached to an aromatic ring is 2. The van der Waals surface area contributed by atoms with E-state index < -0.39 is 98.7 Å². The van der Waals surface area contributed by atoms with E-state index in [0.717, 1.165) is 93.6 Å². The number of carboxylic acid groups (broad SMARTS) is 1. The Balaban J connectivity index is 0.000000217. The van der Waals surface area contributed by atoms with Crippen molar-refractivity contribution >= 4 is 64.3 Å². The number of nitrogens with zero attached hydrogens (tertiary/aromatic N) is 2. The molecule has 85 heavy (non-hydrogen) atoms. The van der Waals surface area contributed by atoms with Crippen LogP contribution in [0.2, 0.25) is 0 Å². The van der Waals surface area contributed by atoms with Crippen LogP contribution in [0.5, 0.6) is 23.0 Å². The maximum Gasteiger partial charge on any atom is 0.402 e. The molecule has 17 nitrogen and oxygen atoms in total. The van der Waals surface area contributed by atoms with Gasteiger partial charge in [-0.25, -0.2) is 19.4 Å². The minimum atomic E-state index is -5.07. The fraction of sp³-hybridized carbons (Fsp3) is 0.113. The van der Waals surface area contributed by atoms with Gasteiger partial charge in [0.05, 0.1) is 56.1 Å². The summed E-state index contributed by atoms with van der Waals surface area (Å²) in [4.78, 5) is 85.1. The van der Waals surface area contributed by atoms with E-state index >= 15 is 13.2 Å². The predicted octanol–water partition coefficient (Wildman–Crippen LogP) is 9.73. The monoisotopic (exact) mass is 1160 g/mol. The van der Waals surface area contributed by atoms with Crippen LogP contribution in [-0.2, 0) is 20.4 Å². The highest BCUT2D eigenvalue weighted by Crippen LogP contribution is 2.51. The maximum atomic E-state index is 15.1. The molecule has 23 heteroatoms. The number of fused-ring (bicyclic) bond motifs is 3. The fourth-order valence-corrected chi connectivity index (χ4v) is 9.02. The minimum absolute atomic E-state index is 0.0501. The van der Waals surface area contributed by atoms with Crippen LogP contribution in [-0.4, -0.2) is 79.4 Å². The molecule has 0 aliphatic carbocycles. The van der Waals surface area contributed by atoms with Gasteiger partial charge >= 0.3 is 24.3 Å². The maximum absolute atomic E-state index is 15.1. The zero-order chi connectivity index (χ0) is 63.0. The summed E-state index contributed by atoms with van der Waals surface area (Å²) in [6.45, 7) is 2.88. The first-order valence-electron chi connectivity index (χ1n) is 24.3. The number of esters is 2. The number of aliphatic carboxylic acids is 1. The molecule has 430 valence electrons. The van der Waals surface area contributed by atoms with Crippen molar-refractivity contribution in [2.45, 2.75) is 44.0 Å². The number of hydrogen-bond acceptors (Lipinski definition) is 14. The number of rotatable bonds is 6. The van der Waals surface area contributed by atoms with Crippen molar-refractivity contribution in [3.63, 3.8) is 0 Å². The summed E-state index contributed by atoms with van der Waals surface area (Å²) in [7, 11) is 0. The van der Waals surface area contributed by atoms with E-state index in [-0.39, 0.29) is 67.4 Å². The number of alkyl halides is 6. The molecule has 0 saturated carbocycles. The zero-order valence-corrected chi connectivity index (χ0v) is 44.2. The lowest BCUT2D eigenvalue weighted by molar-refractivity contribution is -0.173. The molecule has 3 heterocycles. The summed E-state index contributed by atoms with van der Waals surface area (Å²) in [6.07, 6.45) is 6.23. The number of nitrogens with two attached hydrogens (primary N) is 2. The number of halogens is 6. The highest BCUT2D eigenvalue weighted by molar-refractivity contribution is 6.36. The average molecular weight is 1170 g/mol. The van der Waals surface area contributed by atoms with Crippen molar-refractivity contribution in [2.75, 3.05) is 21.3 Å². The Bertz CT molecular complexity index is 3950. The molecule has 4 amide bonds. The van der Waals surface area contributed by atoms with Crippen molar-refractivity contribution in [1.29, 1.82) is 0 Å². The smallest absolute Gasteiger partial charge is 0.402 e. The zero-order valence-electron chi connectivity index (χ0n) is 44.2. The van der Waals surface area contributed by atoms with Crippen LogP contribution in [0.1, 0.15) is 122 Å². The largest absolute Gasteiger partial charge is 0.506 e. The number of anilines is 4. The normalized spacial score (nSPS) is 13.3. The number of amides is 4. The second-order valence-electron chi connectivity index (χ2n) is 19.0. The van der Waals surface area contributed by atoms with Gasteiger partial charge in [0.25, 0.3) is 29.6 Å². The van der Waals surface area contributed by atoms with Crippen molar-refractivity contribution in [3.8, 4) is 60.0 Å². The number of hydrogen-bond donors (Lipinski definition) is 7. The van der Waals surface area contributed by atoms with E-state index in [2.05, 4.69) is 22.5 Å². The number of carbonyl (C=O) groups excluding carboxylic acids is 6. The third-order valence-electron chi connectivity index (χ3n) is 13.8. The molecule has 0 unspecified atom stereocenters. The van der Waals surface area contributed by atoms with Gasteiger partial charge in [-0.05, 0) is 139 Å². The molecule has 3 aliphatic heterocycles. The third-order valence-corrected chi connectivity index (χ3v) is 13.8. The fourth-order valence-electron chi connectivity index (χ4n) is 9.02. The predicted molar refractivity (Wildman–Crippen MR) is 295 cm³/mol. The van der Waals surface area contributed by atoms with Gasteiger partial charge in [0, 0.05) is 23.6 Å². The molecule has 7 aromatic rings. The van der Waals surface area contributed by atoms with E-state index in [4.69, 9.17) is 40.6 Å². The Kier molecular flexibility index (Phi) is 16.4. The van der Waals surface area contributed by atoms with Gasteiger partial charge in [0.15, 0.2) is 0 Å². The number of imide groups is 2. The molecule has 0 spiro atoms. The quantitative estimate of drug-likeness (QED) is 0.0155. The van der Waals surface area contributed by atoms with Crippen LogP contribution in [0.25, 0.3) is 0 Å². The average Bonchev–Trinajstić information content (AvgIpc) is 2.19. The second-order valence-corrected chi connectivity index (χ2v) is 19.0. The van der Waals surface area contributed by atoms with Crippen molar-refractivity contribution in [3.05, 3.63) is 200 Å². The number of phenolic OH excluding ortho intramolecular Hbond substituents is 4. The Hall–Kier alpha value is -11.5. The SMILES string of the molecule is C#Cc1ccc2c(c1)C(=O)N(c1cc(C(C)(c3ccc(O)c(N4C(=O)c5ccc(C#C)cc5C4=O)c3)C(F)(F)F)ccc1O)C2=O.C#Cc1ccc2c(c1)C(=O)OC2=O.CC(=O)O.CC(c1ccc(O)c(N)c1)(c1ccc(O)c(N)c1)C(F)(F)F. The van der Waals surface area contributed by atoms with Gasteiger partial charge in [0.1, 0.15) is 33.8 Å². The Morgan fingerprint density at radius 3 is 1.05 bits per heavy atom. The van der Waals surface area contributed by atoms with E-state index in [0.29, 0.717) is 26.5 Å². The van der Waals surface area contributed by atoms with Gasteiger partial charge in [-0.2, -0.15) is 26.3 Å². The Morgan fingerprint density at radius 1 is 0.447 bits per heavy atom. The number of benzene rings is 7. The molecule has 0 fully saturated rings. The summed E-state index contributed by atoms with van der Waals surface area (Å²) in [5, 5.41) is 47.6. The van der Waals surface area contributed by atoms with Crippen LogP contribution < -0.4 is 21.3 Å². The number of phenols is 4. The van der Waals surface area contributed by atoms with E-state index in [1.54, 1.807) is 6.07 Å². The molecule has 0 saturated heterocycles. The van der Waals surface area contributed by atoms with Crippen LogP contribution in [0.4, 0.5) is 49.1 Å². The number of terminal acetylenes is 3. The lowest BCUT2D eigenvalue weighted by Crippen LogP contribution is -2.41. The number of aromatic hydroxyl groups is 4. The molecule has 0 radical (unpaired) electrons. The number of carboxylic acids is 1. The summed E-state index contributed by atoms with van der Waals surface area (Å²) in [5.41, 5.74) is 4.50. The highest BCUT2D eigenvalue weighted by atomic mass is 19.4. The molecular weight excluding hydrogens is 1120 g/mol. The van der Waals surface area contributed by atoms with Gasteiger partial charge < -0.3 is 41.7 Å². The third kappa shape index (κ3) is 11.2. The van der Waals surface area contributed by atoms with E-state index in [9.17, 15) is 62.4 Å².